The lowest BCUT2D eigenvalue weighted by Crippen LogP contribution is -2.40. The molecule has 0 aliphatic carbocycles. The summed E-state index contributed by atoms with van der Waals surface area (Å²) in [7, 11) is 0. The summed E-state index contributed by atoms with van der Waals surface area (Å²) >= 11 is 0. The molecule has 2 aromatic rings. The number of carboxylic acid groups (broad SMARTS) is 1. The van der Waals surface area contributed by atoms with Crippen molar-refractivity contribution in [3.05, 3.63) is 70.3 Å². The number of hydrogen-bond donors (Lipinski definition) is 2. The van der Waals surface area contributed by atoms with Gasteiger partial charge in [-0.05, 0) is 44.0 Å². The molecule has 1 heterocycles. The van der Waals surface area contributed by atoms with E-state index in [1.54, 1.807) is 26.0 Å². The molecule has 28 heavy (non-hydrogen) atoms. The van der Waals surface area contributed by atoms with Crippen molar-refractivity contribution in [3.63, 3.8) is 0 Å². The van der Waals surface area contributed by atoms with Gasteiger partial charge < -0.3 is 15.6 Å². The Bertz CT molecular complexity index is 874. The van der Waals surface area contributed by atoms with E-state index in [1.165, 1.54) is 5.56 Å². The minimum atomic E-state index is -4.76. The zero-order valence-corrected chi connectivity index (χ0v) is 15.7. The Balaban J connectivity index is 0.000000261. The van der Waals surface area contributed by atoms with E-state index < -0.39 is 23.8 Å². The van der Waals surface area contributed by atoms with Gasteiger partial charge in [-0.2, -0.15) is 13.2 Å². The van der Waals surface area contributed by atoms with Crippen LogP contribution in [-0.4, -0.2) is 23.4 Å². The van der Waals surface area contributed by atoms with Gasteiger partial charge >= 0.3 is 12.1 Å². The van der Waals surface area contributed by atoms with Crippen molar-refractivity contribution in [2.75, 3.05) is 0 Å². The quantitative estimate of drug-likeness (QED) is 0.769. The second-order valence-corrected chi connectivity index (χ2v) is 6.64. The van der Waals surface area contributed by atoms with E-state index in [1.807, 2.05) is 37.3 Å². The van der Waals surface area contributed by atoms with Gasteiger partial charge in [-0.25, -0.2) is 4.79 Å². The molecule has 3 rings (SSSR count). The Labute approximate surface area is 161 Å². The molecule has 2 aromatic carbocycles. The van der Waals surface area contributed by atoms with Gasteiger partial charge in [-0.15, -0.1) is 0 Å². The number of alkyl halides is 3. The van der Waals surface area contributed by atoms with Crippen LogP contribution in [0.4, 0.5) is 13.2 Å². The summed E-state index contributed by atoms with van der Waals surface area (Å²) in [5.74, 6) is -1.55. The van der Waals surface area contributed by atoms with E-state index in [4.69, 9.17) is 15.6 Å². The lowest BCUT2D eigenvalue weighted by Gasteiger charge is -2.28. The van der Waals surface area contributed by atoms with Gasteiger partial charge in [0.2, 0.25) is 6.10 Å². The molecule has 0 unspecified atom stereocenters. The molecule has 4 nitrogen and oxygen atoms in total. The summed E-state index contributed by atoms with van der Waals surface area (Å²) in [6.45, 7) is 5.38. The normalized spacial score (nSPS) is 16.7. The smallest absolute Gasteiger partial charge is 0.430 e. The maximum absolute atomic E-state index is 12.8. The van der Waals surface area contributed by atoms with Crippen LogP contribution >= 0.6 is 0 Å². The first-order valence-corrected chi connectivity index (χ1v) is 8.60. The predicted molar refractivity (Wildman–Crippen MR) is 101 cm³/mol. The van der Waals surface area contributed by atoms with Gasteiger partial charge in [-0.1, -0.05) is 42.0 Å². The van der Waals surface area contributed by atoms with Crippen molar-refractivity contribution < 1.29 is 27.8 Å². The van der Waals surface area contributed by atoms with E-state index in [9.17, 15) is 18.0 Å². The highest BCUT2D eigenvalue weighted by molar-refractivity contribution is 5.95. The van der Waals surface area contributed by atoms with Gasteiger partial charge in [0.15, 0.2) is 0 Å². The van der Waals surface area contributed by atoms with E-state index in [0.717, 1.165) is 11.6 Å². The van der Waals surface area contributed by atoms with Crippen molar-refractivity contribution in [2.24, 2.45) is 5.73 Å². The number of ether oxygens (including phenoxy) is 1. The minimum Gasteiger partial charge on any atom is -0.478 e. The number of carboxylic acids is 1. The second-order valence-electron chi connectivity index (χ2n) is 6.64. The molecule has 2 atom stereocenters. The molecule has 3 N–H and O–H groups in total. The molecule has 0 aromatic heterocycles. The van der Waals surface area contributed by atoms with Gasteiger partial charge in [0.1, 0.15) is 5.75 Å². The molecule has 1 aliphatic rings. The van der Waals surface area contributed by atoms with Crippen LogP contribution in [0.1, 0.15) is 35.2 Å². The number of carbonyl (C=O) groups is 1. The third kappa shape index (κ3) is 5.13. The first kappa shape index (κ1) is 21.5. The number of nitrogens with two attached hydrogens (primary N) is 1. The Morgan fingerprint density at radius 2 is 1.79 bits per heavy atom. The SMILES string of the molecule is C[C@H](N)c1ccccc1.Cc1cc(C)c2c(c1)C=C(C(=O)O)[C@H](C(F)(F)F)O2. The average molecular weight is 393 g/mol. The maximum atomic E-state index is 12.8. The van der Waals surface area contributed by atoms with Gasteiger partial charge in [0.25, 0.3) is 0 Å². The van der Waals surface area contributed by atoms with E-state index >= 15 is 0 Å². The first-order chi connectivity index (χ1) is 13.0. The van der Waals surface area contributed by atoms with Crippen LogP contribution in [0.2, 0.25) is 0 Å². The molecule has 0 radical (unpaired) electrons. The average Bonchev–Trinajstić information content (AvgIpc) is 2.61. The Morgan fingerprint density at radius 1 is 1.18 bits per heavy atom. The summed E-state index contributed by atoms with van der Waals surface area (Å²) in [4.78, 5) is 10.9. The third-order valence-corrected chi connectivity index (χ3v) is 4.15. The summed E-state index contributed by atoms with van der Waals surface area (Å²) < 4.78 is 43.4. The number of aliphatic carboxylic acids is 1. The number of halogens is 3. The lowest BCUT2D eigenvalue weighted by molar-refractivity contribution is -0.187. The van der Waals surface area contributed by atoms with Crippen molar-refractivity contribution >= 4 is 12.0 Å². The topological polar surface area (TPSA) is 72.6 Å². The van der Waals surface area contributed by atoms with Crippen molar-refractivity contribution in [1.29, 1.82) is 0 Å². The zero-order valence-electron chi connectivity index (χ0n) is 15.7. The summed E-state index contributed by atoms with van der Waals surface area (Å²) in [6.07, 6.45) is -6.17. The van der Waals surface area contributed by atoms with Gasteiger partial charge in [0, 0.05) is 11.6 Å². The summed E-state index contributed by atoms with van der Waals surface area (Å²) in [5.41, 5.74) is 7.73. The molecule has 1 aliphatic heterocycles. The molecule has 150 valence electrons. The minimum absolute atomic E-state index is 0.0814. The molecule has 0 fully saturated rings. The molecule has 0 spiro atoms. The van der Waals surface area contributed by atoms with Gasteiger partial charge in [0.05, 0.1) is 5.57 Å². The monoisotopic (exact) mass is 393 g/mol. The maximum Gasteiger partial charge on any atom is 0.430 e. The highest BCUT2D eigenvalue weighted by atomic mass is 19.4. The third-order valence-electron chi connectivity index (χ3n) is 4.15. The summed E-state index contributed by atoms with van der Waals surface area (Å²) in [6, 6.07) is 13.5. The van der Waals surface area contributed by atoms with Crippen LogP contribution in [0.15, 0.2) is 48.0 Å². The van der Waals surface area contributed by atoms with Crippen LogP contribution < -0.4 is 10.5 Å². The van der Waals surface area contributed by atoms with Crippen molar-refractivity contribution in [1.82, 2.24) is 0 Å². The molecule has 0 saturated heterocycles. The fraction of sp³-hybridized carbons (Fsp3) is 0.286. The fourth-order valence-corrected chi connectivity index (χ4v) is 2.85. The lowest BCUT2D eigenvalue weighted by atomic mass is 9.97. The number of benzene rings is 2. The van der Waals surface area contributed by atoms with Crippen molar-refractivity contribution in [3.8, 4) is 5.75 Å². The number of hydrogen-bond acceptors (Lipinski definition) is 3. The Morgan fingerprint density at radius 3 is 2.25 bits per heavy atom. The summed E-state index contributed by atoms with van der Waals surface area (Å²) in [5, 5.41) is 8.89. The highest BCUT2D eigenvalue weighted by Crippen LogP contribution is 2.39. The van der Waals surface area contributed by atoms with Crippen molar-refractivity contribution in [2.45, 2.75) is 39.1 Å². The van der Waals surface area contributed by atoms with E-state index in [2.05, 4.69) is 0 Å². The van der Waals surface area contributed by atoms with Crippen LogP contribution in [0.25, 0.3) is 6.08 Å². The molecule has 0 saturated carbocycles. The highest BCUT2D eigenvalue weighted by Gasteiger charge is 2.48. The zero-order chi connectivity index (χ0) is 21.1. The number of rotatable bonds is 2. The Hall–Kier alpha value is -2.80. The Kier molecular flexibility index (Phi) is 6.51. The van der Waals surface area contributed by atoms with Gasteiger partial charge in [-0.3, -0.25) is 0 Å². The molecular weight excluding hydrogens is 371 g/mol. The molecular formula is C21H22F3NO3. The molecule has 0 bridgehead atoms. The number of aryl methyl sites for hydroxylation is 2. The van der Waals surface area contributed by atoms with E-state index in [-0.39, 0.29) is 11.8 Å². The largest absolute Gasteiger partial charge is 0.478 e. The van der Waals surface area contributed by atoms with Crippen LogP contribution in [0, 0.1) is 13.8 Å². The van der Waals surface area contributed by atoms with E-state index in [0.29, 0.717) is 11.1 Å². The fourth-order valence-electron chi connectivity index (χ4n) is 2.85. The predicted octanol–water partition coefficient (Wildman–Crippen LogP) is 4.80. The van der Waals surface area contributed by atoms with Crippen LogP contribution in [-0.2, 0) is 4.79 Å². The standard InChI is InChI=1S/C13H11F3O3.C8H11N/c1-6-3-7(2)10-8(4-6)5-9(12(17)18)11(19-10)13(14,15)16;1-7(9)8-5-3-2-4-6-8/h3-5,11H,1-2H3,(H,17,18);2-7H,9H2,1H3/t11-;7-/m10/s1. The van der Waals surface area contributed by atoms with Crippen LogP contribution in [0.5, 0.6) is 5.75 Å². The second kappa shape index (κ2) is 8.48. The first-order valence-electron chi connectivity index (χ1n) is 8.60. The molecule has 7 heteroatoms. The van der Waals surface area contributed by atoms with Crippen LogP contribution in [0.3, 0.4) is 0 Å². The number of fused-ring (bicyclic) bond motifs is 1. The molecule has 0 amide bonds.